The monoisotopic (exact) mass is 207 g/mol. The lowest BCUT2D eigenvalue weighted by atomic mass is 10.2. The van der Waals surface area contributed by atoms with Crippen LogP contribution in [-0.4, -0.2) is 17.9 Å². The lowest BCUT2D eigenvalue weighted by molar-refractivity contribution is -0.120. The molecule has 0 aliphatic rings. The molecule has 1 rings (SSSR count). The Bertz CT molecular complexity index is 308. The van der Waals surface area contributed by atoms with Crippen LogP contribution in [0.25, 0.3) is 0 Å². The summed E-state index contributed by atoms with van der Waals surface area (Å²) in [5.41, 5.74) is 2.03. The maximum atomic E-state index is 11.0. The number of aromatic nitrogens is 1. The Kier molecular flexibility index (Phi) is 4.77. The number of nitrogens with zero attached hydrogens (tertiary/aromatic N) is 1. The summed E-state index contributed by atoms with van der Waals surface area (Å²) in [6, 6.07) is 3.94. The third-order valence-corrected chi connectivity index (χ3v) is 2.05. The molecule has 1 heterocycles. The molecule has 0 aromatic carbocycles. The summed E-state index contributed by atoms with van der Waals surface area (Å²) in [6.07, 6.45) is 2.31. The van der Waals surface area contributed by atoms with Crippen LogP contribution >= 0.6 is 0 Å². The number of carbonyl (C=O) groups excluding carboxylic acids is 1. The molecule has 0 bridgehead atoms. The van der Waals surface area contributed by atoms with Gasteiger partial charge in [0.1, 0.15) is 0 Å². The third-order valence-electron chi connectivity index (χ3n) is 2.05. The summed E-state index contributed by atoms with van der Waals surface area (Å²) in [5, 5.41) is 5.84. The molecule has 15 heavy (non-hydrogen) atoms. The van der Waals surface area contributed by atoms with Crippen LogP contribution < -0.4 is 10.6 Å². The maximum absolute atomic E-state index is 11.0. The molecule has 0 fully saturated rings. The second-order valence-corrected chi connectivity index (χ2v) is 3.32. The van der Waals surface area contributed by atoms with Crippen LogP contribution in [0.1, 0.15) is 24.6 Å². The Morgan fingerprint density at radius 3 is 2.73 bits per heavy atom. The van der Waals surface area contributed by atoms with E-state index >= 15 is 0 Å². The predicted molar refractivity (Wildman–Crippen MR) is 59.1 cm³/mol. The van der Waals surface area contributed by atoms with E-state index in [1.807, 2.05) is 26.1 Å². The van der Waals surface area contributed by atoms with Gasteiger partial charge in [0.15, 0.2) is 0 Å². The minimum absolute atomic E-state index is 0.0642. The summed E-state index contributed by atoms with van der Waals surface area (Å²) >= 11 is 0. The van der Waals surface area contributed by atoms with E-state index in [1.54, 1.807) is 6.20 Å². The van der Waals surface area contributed by atoms with Gasteiger partial charge in [-0.15, -0.1) is 0 Å². The average molecular weight is 207 g/mol. The van der Waals surface area contributed by atoms with E-state index in [4.69, 9.17) is 0 Å². The van der Waals surface area contributed by atoms with Crippen LogP contribution in [0.5, 0.6) is 0 Å². The molecule has 4 heteroatoms. The number of hydrogen-bond acceptors (Lipinski definition) is 3. The molecular formula is C11H17N3O. The van der Waals surface area contributed by atoms with Gasteiger partial charge in [0.05, 0.1) is 5.69 Å². The first-order valence-corrected chi connectivity index (χ1v) is 5.11. The van der Waals surface area contributed by atoms with Crippen LogP contribution in [0.15, 0.2) is 18.3 Å². The minimum atomic E-state index is 0.0642. The molecule has 0 radical (unpaired) electrons. The second kappa shape index (κ2) is 6.14. The van der Waals surface area contributed by atoms with Crippen LogP contribution in [-0.2, 0) is 17.9 Å². The van der Waals surface area contributed by atoms with Crippen molar-refractivity contribution in [3.8, 4) is 0 Å². The van der Waals surface area contributed by atoms with Crippen molar-refractivity contribution in [2.75, 3.05) is 7.05 Å². The van der Waals surface area contributed by atoms with Gasteiger partial charge in [0.2, 0.25) is 5.91 Å². The van der Waals surface area contributed by atoms with E-state index in [1.165, 1.54) is 0 Å². The molecule has 0 unspecified atom stereocenters. The van der Waals surface area contributed by atoms with Crippen molar-refractivity contribution in [2.45, 2.75) is 26.4 Å². The van der Waals surface area contributed by atoms with Crippen molar-refractivity contribution < 1.29 is 4.79 Å². The third kappa shape index (κ3) is 4.08. The number of pyridine rings is 1. The van der Waals surface area contributed by atoms with Crippen molar-refractivity contribution in [2.24, 2.45) is 0 Å². The number of nitrogens with one attached hydrogen (secondary N) is 2. The fraction of sp³-hybridized carbons (Fsp3) is 0.455. The van der Waals surface area contributed by atoms with E-state index in [9.17, 15) is 4.79 Å². The molecule has 1 aromatic heterocycles. The van der Waals surface area contributed by atoms with Crippen molar-refractivity contribution in [1.29, 1.82) is 0 Å². The van der Waals surface area contributed by atoms with Gasteiger partial charge in [-0.2, -0.15) is 0 Å². The fourth-order valence-electron chi connectivity index (χ4n) is 1.17. The smallest absolute Gasteiger partial charge is 0.219 e. The van der Waals surface area contributed by atoms with Gasteiger partial charge >= 0.3 is 0 Å². The summed E-state index contributed by atoms with van der Waals surface area (Å²) < 4.78 is 0. The molecule has 0 spiro atoms. The Morgan fingerprint density at radius 2 is 2.20 bits per heavy atom. The molecule has 1 aromatic rings. The van der Waals surface area contributed by atoms with Gasteiger partial charge < -0.3 is 10.6 Å². The summed E-state index contributed by atoms with van der Waals surface area (Å²) in [4.78, 5) is 15.3. The van der Waals surface area contributed by atoms with Gasteiger partial charge in [-0.1, -0.05) is 13.0 Å². The summed E-state index contributed by atoms with van der Waals surface area (Å²) in [7, 11) is 1.89. The normalized spacial score (nSPS) is 10.0. The molecule has 0 aliphatic heterocycles. The average Bonchev–Trinajstić information content (AvgIpc) is 2.28. The largest absolute Gasteiger partial charge is 0.352 e. The van der Waals surface area contributed by atoms with Crippen molar-refractivity contribution in [3.63, 3.8) is 0 Å². The zero-order chi connectivity index (χ0) is 11.1. The molecule has 1 amide bonds. The van der Waals surface area contributed by atoms with E-state index in [0.717, 1.165) is 17.8 Å². The molecule has 0 aliphatic carbocycles. The molecule has 0 saturated carbocycles. The Labute approximate surface area is 90.1 Å². The summed E-state index contributed by atoms with van der Waals surface area (Å²) in [5.74, 6) is 0.0642. The quantitative estimate of drug-likeness (QED) is 0.752. The first-order chi connectivity index (χ1) is 7.26. The zero-order valence-electron chi connectivity index (χ0n) is 9.21. The van der Waals surface area contributed by atoms with Crippen LogP contribution in [0.2, 0.25) is 0 Å². The molecule has 0 saturated heterocycles. The van der Waals surface area contributed by atoms with Crippen molar-refractivity contribution in [1.82, 2.24) is 15.6 Å². The maximum Gasteiger partial charge on any atom is 0.219 e. The number of rotatable bonds is 5. The SMILES string of the molecule is CCC(=O)NCc1ccc(CNC)nc1. The topological polar surface area (TPSA) is 54.0 Å². The molecule has 82 valence electrons. The van der Waals surface area contributed by atoms with Crippen molar-refractivity contribution >= 4 is 5.91 Å². The number of amides is 1. The van der Waals surface area contributed by atoms with Crippen LogP contribution in [0.3, 0.4) is 0 Å². The number of hydrogen-bond donors (Lipinski definition) is 2. The van der Waals surface area contributed by atoms with Gasteiger partial charge in [-0.25, -0.2) is 0 Å². The van der Waals surface area contributed by atoms with Gasteiger partial charge in [0, 0.05) is 25.7 Å². The highest BCUT2D eigenvalue weighted by atomic mass is 16.1. The highest BCUT2D eigenvalue weighted by Crippen LogP contribution is 1.99. The Balaban J connectivity index is 2.45. The van der Waals surface area contributed by atoms with Gasteiger partial charge in [-0.05, 0) is 18.7 Å². The number of carbonyl (C=O) groups is 1. The van der Waals surface area contributed by atoms with Crippen LogP contribution in [0, 0.1) is 0 Å². The lowest BCUT2D eigenvalue weighted by Gasteiger charge is -2.04. The molecule has 4 nitrogen and oxygen atoms in total. The Hall–Kier alpha value is -1.42. The first-order valence-electron chi connectivity index (χ1n) is 5.11. The highest BCUT2D eigenvalue weighted by molar-refractivity contribution is 5.75. The molecule has 0 atom stereocenters. The fourth-order valence-corrected chi connectivity index (χ4v) is 1.17. The second-order valence-electron chi connectivity index (χ2n) is 3.32. The van der Waals surface area contributed by atoms with E-state index < -0.39 is 0 Å². The standard InChI is InChI=1S/C11H17N3O/c1-3-11(15)14-7-9-4-5-10(8-12-2)13-6-9/h4-6,12H,3,7-8H2,1-2H3,(H,14,15). The highest BCUT2D eigenvalue weighted by Gasteiger charge is 1.98. The minimum Gasteiger partial charge on any atom is -0.352 e. The lowest BCUT2D eigenvalue weighted by Crippen LogP contribution is -2.21. The Morgan fingerprint density at radius 1 is 1.40 bits per heavy atom. The molecular weight excluding hydrogens is 190 g/mol. The predicted octanol–water partition coefficient (Wildman–Crippen LogP) is 0.827. The first kappa shape index (κ1) is 11.7. The van der Waals surface area contributed by atoms with Crippen molar-refractivity contribution in [3.05, 3.63) is 29.6 Å². The van der Waals surface area contributed by atoms with E-state index in [-0.39, 0.29) is 5.91 Å². The van der Waals surface area contributed by atoms with Gasteiger partial charge in [0.25, 0.3) is 0 Å². The zero-order valence-corrected chi connectivity index (χ0v) is 9.21. The summed E-state index contributed by atoms with van der Waals surface area (Å²) in [6.45, 7) is 3.16. The van der Waals surface area contributed by atoms with E-state index in [2.05, 4.69) is 15.6 Å². The molecule has 2 N–H and O–H groups in total. The van der Waals surface area contributed by atoms with E-state index in [0.29, 0.717) is 13.0 Å². The van der Waals surface area contributed by atoms with Crippen LogP contribution in [0.4, 0.5) is 0 Å². The van der Waals surface area contributed by atoms with Gasteiger partial charge in [-0.3, -0.25) is 9.78 Å².